The van der Waals surface area contributed by atoms with Crippen molar-refractivity contribution in [3.05, 3.63) is 0 Å². The first-order valence-corrected chi connectivity index (χ1v) is 13.0. The van der Waals surface area contributed by atoms with Crippen LogP contribution in [-0.4, -0.2) is 42.1 Å². The van der Waals surface area contributed by atoms with Gasteiger partial charge in [0.1, 0.15) is 11.9 Å². The second-order valence-electron chi connectivity index (χ2n) is 12.0. The van der Waals surface area contributed by atoms with Crippen LogP contribution in [0.4, 0.5) is 0 Å². The third kappa shape index (κ3) is 4.04. The molecule has 4 rings (SSSR count). The van der Waals surface area contributed by atoms with Gasteiger partial charge >= 0.3 is 11.9 Å². The molecule has 4 aliphatic rings. The van der Waals surface area contributed by atoms with Gasteiger partial charge in [0.05, 0.1) is 13.2 Å². The Labute approximate surface area is 198 Å². The van der Waals surface area contributed by atoms with Gasteiger partial charge in [-0.15, -0.1) is 0 Å². The Morgan fingerprint density at radius 1 is 1.15 bits per heavy atom. The molecule has 0 heterocycles. The number of esters is 2. The Balaban J connectivity index is 1.55. The number of aliphatic hydroxyl groups is 1. The lowest BCUT2D eigenvalue weighted by Crippen LogP contribution is -2.61. The number of ketones is 1. The molecule has 0 aromatic rings. The van der Waals surface area contributed by atoms with Crippen LogP contribution in [0.2, 0.25) is 0 Å². The average Bonchev–Trinajstić information content (AvgIpc) is 3.11. The fraction of sp³-hybridized carbons (Fsp3) is 0.889. The molecule has 0 amide bonds. The molecule has 0 spiro atoms. The Morgan fingerprint density at radius 3 is 2.55 bits per heavy atom. The van der Waals surface area contributed by atoms with Crippen molar-refractivity contribution in [2.45, 2.75) is 97.7 Å². The Kier molecular flexibility index (Phi) is 6.71. The SMILES string of the molecule is COC(=O)CC[C@@H](C)[C@H]1CC[C@H]2[C@@H]3C(=O)C[C@@H]4C[C@H](OC(C)=O)CC[C@]4(C)[C@H]3C[C@H](O)[C@]12C. The Bertz CT molecular complexity index is 793. The van der Waals surface area contributed by atoms with Gasteiger partial charge in [0, 0.05) is 31.1 Å². The molecule has 0 bridgehead atoms. The maximum Gasteiger partial charge on any atom is 0.305 e. The van der Waals surface area contributed by atoms with Crippen LogP contribution in [-0.2, 0) is 23.9 Å². The van der Waals surface area contributed by atoms with E-state index in [0.717, 1.165) is 38.5 Å². The lowest BCUT2D eigenvalue weighted by molar-refractivity contribution is -0.185. The molecule has 186 valence electrons. The van der Waals surface area contributed by atoms with Gasteiger partial charge < -0.3 is 14.6 Å². The first-order chi connectivity index (χ1) is 15.5. The van der Waals surface area contributed by atoms with Gasteiger partial charge in [0.15, 0.2) is 0 Å². The zero-order chi connectivity index (χ0) is 24.1. The van der Waals surface area contributed by atoms with Crippen molar-refractivity contribution in [3.63, 3.8) is 0 Å². The van der Waals surface area contributed by atoms with E-state index in [2.05, 4.69) is 20.8 Å². The number of Topliss-reactive ketones (excluding diaryl/α,β-unsaturated/α-hetero) is 1. The van der Waals surface area contributed by atoms with E-state index in [4.69, 9.17) is 9.47 Å². The molecule has 1 N–H and O–H groups in total. The second-order valence-corrected chi connectivity index (χ2v) is 12.0. The largest absolute Gasteiger partial charge is 0.469 e. The first kappa shape index (κ1) is 24.7. The molecule has 0 aromatic heterocycles. The van der Waals surface area contributed by atoms with Gasteiger partial charge in [0.2, 0.25) is 0 Å². The summed E-state index contributed by atoms with van der Waals surface area (Å²) in [6.07, 6.45) is 6.41. The monoisotopic (exact) mass is 462 g/mol. The summed E-state index contributed by atoms with van der Waals surface area (Å²) in [5, 5.41) is 11.6. The Hall–Kier alpha value is -1.43. The third-order valence-electron chi connectivity index (χ3n) is 10.7. The van der Waals surface area contributed by atoms with E-state index in [1.54, 1.807) is 0 Å². The maximum absolute atomic E-state index is 13.6. The molecule has 4 fully saturated rings. The van der Waals surface area contributed by atoms with Crippen LogP contribution in [0.5, 0.6) is 0 Å². The summed E-state index contributed by atoms with van der Waals surface area (Å²) in [4.78, 5) is 36.8. The van der Waals surface area contributed by atoms with E-state index in [1.165, 1.54) is 14.0 Å². The molecule has 0 unspecified atom stereocenters. The van der Waals surface area contributed by atoms with E-state index in [-0.39, 0.29) is 52.5 Å². The van der Waals surface area contributed by atoms with Crippen molar-refractivity contribution in [1.82, 2.24) is 0 Å². The van der Waals surface area contributed by atoms with Crippen molar-refractivity contribution in [3.8, 4) is 0 Å². The molecule has 0 radical (unpaired) electrons. The van der Waals surface area contributed by atoms with E-state index in [9.17, 15) is 19.5 Å². The first-order valence-electron chi connectivity index (χ1n) is 13.0. The van der Waals surface area contributed by atoms with E-state index < -0.39 is 6.10 Å². The number of aliphatic hydroxyl groups excluding tert-OH is 1. The molecule has 6 heteroatoms. The number of carbonyl (C=O) groups excluding carboxylic acids is 3. The number of methoxy groups -OCH3 is 1. The molecule has 0 aliphatic heterocycles. The minimum atomic E-state index is -0.439. The number of fused-ring (bicyclic) bond motifs is 5. The van der Waals surface area contributed by atoms with Crippen molar-refractivity contribution in [2.24, 2.45) is 46.3 Å². The van der Waals surface area contributed by atoms with Crippen LogP contribution in [0.1, 0.15) is 85.5 Å². The van der Waals surface area contributed by atoms with Crippen LogP contribution in [0, 0.1) is 46.3 Å². The highest BCUT2D eigenvalue weighted by Gasteiger charge is 2.66. The maximum atomic E-state index is 13.6. The van der Waals surface area contributed by atoms with Crippen LogP contribution in [0.25, 0.3) is 0 Å². The summed E-state index contributed by atoms with van der Waals surface area (Å²) in [5.41, 5.74) is -0.281. The minimum Gasteiger partial charge on any atom is -0.469 e. The summed E-state index contributed by atoms with van der Waals surface area (Å²) in [6, 6.07) is 0. The standard InChI is InChI=1S/C27H42O6/c1-15(6-9-24(31)32-5)19-7-8-20-25-21(14-23(30)27(19,20)4)26(3)11-10-18(33-16(2)28)12-17(26)13-22(25)29/h15,17-21,23,25,30H,6-14H2,1-5H3/t15-,17+,18-,19-,20+,21+,23+,25+,26+,27-/m1/s1. The zero-order valence-corrected chi connectivity index (χ0v) is 21.0. The summed E-state index contributed by atoms with van der Waals surface area (Å²) in [6.45, 7) is 8.18. The van der Waals surface area contributed by atoms with Gasteiger partial charge in [0.25, 0.3) is 0 Å². The fourth-order valence-electron chi connectivity index (χ4n) is 8.82. The highest BCUT2D eigenvalue weighted by Crippen LogP contribution is 2.67. The van der Waals surface area contributed by atoms with Crippen molar-refractivity contribution >= 4 is 17.7 Å². The topological polar surface area (TPSA) is 89.9 Å². The summed E-state index contributed by atoms with van der Waals surface area (Å²) in [5.74, 6) is 1.17. The van der Waals surface area contributed by atoms with Crippen molar-refractivity contribution in [2.75, 3.05) is 7.11 Å². The number of carbonyl (C=O) groups is 3. The molecule has 0 aromatic carbocycles. The average molecular weight is 463 g/mol. The van der Waals surface area contributed by atoms with Crippen LogP contribution < -0.4 is 0 Å². The number of rotatable bonds is 5. The predicted octanol–water partition coefficient (Wildman–Crippen LogP) is 4.32. The van der Waals surface area contributed by atoms with Gasteiger partial charge in [-0.3, -0.25) is 14.4 Å². The number of ether oxygens (including phenoxy) is 2. The number of hydrogen-bond acceptors (Lipinski definition) is 6. The lowest BCUT2D eigenvalue weighted by Gasteiger charge is -2.61. The smallest absolute Gasteiger partial charge is 0.305 e. The van der Waals surface area contributed by atoms with Gasteiger partial charge in [-0.1, -0.05) is 20.8 Å². The van der Waals surface area contributed by atoms with Crippen molar-refractivity contribution < 1.29 is 29.0 Å². The van der Waals surface area contributed by atoms with Gasteiger partial charge in [-0.05, 0) is 80.0 Å². The molecule has 6 nitrogen and oxygen atoms in total. The van der Waals surface area contributed by atoms with Crippen LogP contribution >= 0.6 is 0 Å². The van der Waals surface area contributed by atoms with E-state index in [1.807, 2.05) is 0 Å². The molecule has 4 saturated carbocycles. The highest BCUT2D eigenvalue weighted by atomic mass is 16.5. The van der Waals surface area contributed by atoms with Crippen molar-refractivity contribution in [1.29, 1.82) is 0 Å². The third-order valence-corrected chi connectivity index (χ3v) is 10.7. The van der Waals surface area contributed by atoms with E-state index in [0.29, 0.717) is 36.9 Å². The lowest BCUT2D eigenvalue weighted by atomic mass is 9.43. The second kappa shape index (κ2) is 8.98. The summed E-state index contributed by atoms with van der Waals surface area (Å²) >= 11 is 0. The summed E-state index contributed by atoms with van der Waals surface area (Å²) in [7, 11) is 1.42. The fourth-order valence-corrected chi connectivity index (χ4v) is 8.82. The van der Waals surface area contributed by atoms with Crippen LogP contribution in [0.3, 0.4) is 0 Å². The molecular formula is C27H42O6. The quantitative estimate of drug-likeness (QED) is 0.612. The Morgan fingerprint density at radius 2 is 1.88 bits per heavy atom. The molecule has 10 atom stereocenters. The minimum absolute atomic E-state index is 0.00607. The normalized spacial score (nSPS) is 45.4. The molecule has 33 heavy (non-hydrogen) atoms. The summed E-state index contributed by atoms with van der Waals surface area (Å²) < 4.78 is 10.3. The van der Waals surface area contributed by atoms with E-state index >= 15 is 0 Å². The molecule has 0 saturated heterocycles. The highest BCUT2D eigenvalue weighted by molar-refractivity contribution is 5.83. The van der Waals surface area contributed by atoms with Gasteiger partial charge in [-0.2, -0.15) is 0 Å². The number of hydrogen-bond donors (Lipinski definition) is 1. The molecular weight excluding hydrogens is 420 g/mol. The van der Waals surface area contributed by atoms with Crippen LogP contribution in [0.15, 0.2) is 0 Å². The predicted molar refractivity (Wildman–Crippen MR) is 123 cm³/mol. The zero-order valence-electron chi connectivity index (χ0n) is 21.0. The molecule has 4 aliphatic carbocycles. The van der Waals surface area contributed by atoms with Gasteiger partial charge in [-0.25, -0.2) is 0 Å².